The van der Waals surface area contributed by atoms with Crippen LogP contribution in [-0.2, 0) is 4.79 Å². The fourth-order valence-electron chi connectivity index (χ4n) is 1.75. The van der Waals surface area contributed by atoms with Gasteiger partial charge < -0.3 is 4.79 Å². The minimum atomic E-state index is 0.603. The molecule has 0 atom stereocenters. The average molecular weight is 200 g/mol. The third-order valence-corrected chi connectivity index (χ3v) is 2.45. The third-order valence-electron chi connectivity index (χ3n) is 2.45. The standard InChI is InChI=1S/C13H14.CH2O/c1-10(2)12-9-5-7-11-6-3-4-8-13(11)12;1-2/h3-10H,1-2H3;1H2. The quantitative estimate of drug-likeness (QED) is 0.684. The predicted octanol–water partition coefficient (Wildman–Crippen LogP) is 3.78. The van der Waals surface area contributed by atoms with Crippen LogP contribution < -0.4 is 0 Å². The molecule has 0 saturated carbocycles. The molecule has 0 aliphatic heterocycles. The van der Waals surface area contributed by atoms with Crippen LogP contribution in [0.1, 0.15) is 25.3 Å². The van der Waals surface area contributed by atoms with E-state index in [2.05, 4.69) is 56.3 Å². The van der Waals surface area contributed by atoms with Gasteiger partial charge in [-0.25, -0.2) is 0 Å². The molecule has 0 N–H and O–H groups in total. The van der Waals surface area contributed by atoms with Gasteiger partial charge in [0, 0.05) is 0 Å². The van der Waals surface area contributed by atoms with Crippen LogP contribution in [0.4, 0.5) is 0 Å². The molecule has 0 aliphatic carbocycles. The molecule has 0 amide bonds. The molecule has 0 fully saturated rings. The summed E-state index contributed by atoms with van der Waals surface area (Å²) in [4.78, 5) is 8.00. The van der Waals surface area contributed by atoms with Crippen molar-refractivity contribution in [3.05, 3.63) is 48.0 Å². The summed E-state index contributed by atoms with van der Waals surface area (Å²) in [5.41, 5.74) is 1.44. The van der Waals surface area contributed by atoms with Crippen molar-refractivity contribution in [2.75, 3.05) is 0 Å². The molecule has 1 nitrogen and oxygen atoms in total. The van der Waals surface area contributed by atoms with E-state index in [0.717, 1.165) is 0 Å². The van der Waals surface area contributed by atoms with Gasteiger partial charge in [0.1, 0.15) is 6.79 Å². The molecule has 0 aromatic heterocycles. The van der Waals surface area contributed by atoms with Gasteiger partial charge in [-0.15, -0.1) is 0 Å². The van der Waals surface area contributed by atoms with Gasteiger partial charge in [0.25, 0.3) is 0 Å². The summed E-state index contributed by atoms with van der Waals surface area (Å²) in [7, 11) is 0. The first-order valence-corrected chi connectivity index (χ1v) is 5.05. The van der Waals surface area contributed by atoms with E-state index in [0.29, 0.717) is 5.92 Å². The maximum Gasteiger partial charge on any atom is 0.106 e. The first-order chi connectivity index (χ1) is 7.29. The first-order valence-electron chi connectivity index (χ1n) is 5.05. The Morgan fingerprint density at radius 1 is 0.933 bits per heavy atom. The Kier molecular flexibility index (Phi) is 4.04. The zero-order chi connectivity index (χ0) is 11.3. The molecule has 2 rings (SSSR count). The van der Waals surface area contributed by atoms with Crippen molar-refractivity contribution in [3.63, 3.8) is 0 Å². The van der Waals surface area contributed by atoms with Crippen LogP contribution >= 0.6 is 0 Å². The van der Waals surface area contributed by atoms with Crippen molar-refractivity contribution >= 4 is 17.6 Å². The van der Waals surface area contributed by atoms with Crippen molar-refractivity contribution in [3.8, 4) is 0 Å². The second kappa shape index (κ2) is 5.30. The summed E-state index contributed by atoms with van der Waals surface area (Å²) >= 11 is 0. The minimum absolute atomic E-state index is 0.603. The molecule has 15 heavy (non-hydrogen) atoms. The van der Waals surface area contributed by atoms with Crippen LogP contribution in [0.5, 0.6) is 0 Å². The maximum atomic E-state index is 8.00. The molecule has 0 heterocycles. The Bertz CT molecular complexity index is 427. The lowest BCUT2D eigenvalue weighted by Gasteiger charge is -2.08. The number of rotatable bonds is 1. The zero-order valence-corrected chi connectivity index (χ0v) is 9.23. The van der Waals surface area contributed by atoms with E-state index in [1.165, 1.54) is 16.3 Å². The van der Waals surface area contributed by atoms with Crippen LogP contribution in [-0.4, -0.2) is 6.79 Å². The van der Waals surface area contributed by atoms with E-state index in [-0.39, 0.29) is 0 Å². The normalized spacial score (nSPS) is 9.80. The fourth-order valence-corrected chi connectivity index (χ4v) is 1.75. The summed E-state index contributed by atoms with van der Waals surface area (Å²) in [5, 5.41) is 2.73. The molecule has 0 radical (unpaired) electrons. The molecule has 2 aromatic rings. The summed E-state index contributed by atoms with van der Waals surface area (Å²) in [5.74, 6) is 0.603. The van der Waals surface area contributed by atoms with Gasteiger partial charge >= 0.3 is 0 Å². The second-order valence-electron chi connectivity index (χ2n) is 3.72. The van der Waals surface area contributed by atoms with Crippen molar-refractivity contribution < 1.29 is 4.79 Å². The Balaban J connectivity index is 0.000000531. The van der Waals surface area contributed by atoms with Gasteiger partial charge in [0.15, 0.2) is 0 Å². The van der Waals surface area contributed by atoms with Crippen LogP contribution in [0.3, 0.4) is 0 Å². The number of hydrogen-bond donors (Lipinski definition) is 0. The topological polar surface area (TPSA) is 17.1 Å². The molecule has 1 heteroatoms. The molecule has 0 aliphatic rings. The van der Waals surface area contributed by atoms with E-state index >= 15 is 0 Å². The molecule has 0 spiro atoms. The monoisotopic (exact) mass is 200 g/mol. The third kappa shape index (κ3) is 2.44. The van der Waals surface area contributed by atoms with Gasteiger partial charge in [0.2, 0.25) is 0 Å². The summed E-state index contributed by atoms with van der Waals surface area (Å²) in [6, 6.07) is 15.1. The SMILES string of the molecule is C=O.CC(C)c1cccc2ccccc12. The fraction of sp³-hybridized carbons (Fsp3) is 0.214. The largest absolute Gasteiger partial charge is 0.307 e. The minimum Gasteiger partial charge on any atom is -0.307 e. The summed E-state index contributed by atoms with van der Waals surface area (Å²) in [6.07, 6.45) is 0. The highest BCUT2D eigenvalue weighted by Crippen LogP contribution is 2.24. The van der Waals surface area contributed by atoms with Crippen LogP contribution in [0, 0.1) is 0 Å². The Morgan fingerprint density at radius 2 is 1.53 bits per heavy atom. The molecule has 0 saturated heterocycles. The number of carbonyl (C=O) groups is 1. The van der Waals surface area contributed by atoms with Gasteiger partial charge in [-0.05, 0) is 22.3 Å². The lowest BCUT2D eigenvalue weighted by atomic mass is 9.96. The van der Waals surface area contributed by atoms with Crippen LogP contribution in [0.15, 0.2) is 42.5 Å². The van der Waals surface area contributed by atoms with Crippen molar-refractivity contribution in [1.29, 1.82) is 0 Å². The van der Waals surface area contributed by atoms with Gasteiger partial charge in [-0.2, -0.15) is 0 Å². The highest BCUT2D eigenvalue weighted by molar-refractivity contribution is 5.86. The zero-order valence-electron chi connectivity index (χ0n) is 9.23. The smallest absolute Gasteiger partial charge is 0.106 e. The van der Waals surface area contributed by atoms with Gasteiger partial charge in [-0.3, -0.25) is 0 Å². The summed E-state index contributed by atoms with van der Waals surface area (Å²) in [6.45, 7) is 6.48. The molecule has 0 unspecified atom stereocenters. The predicted molar refractivity (Wildman–Crippen MR) is 65.2 cm³/mol. The number of carbonyl (C=O) groups excluding carboxylic acids is 1. The Morgan fingerprint density at radius 3 is 2.20 bits per heavy atom. The lowest BCUT2D eigenvalue weighted by molar-refractivity contribution is -0.0979. The molecule has 0 bridgehead atoms. The highest BCUT2D eigenvalue weighted by Gasteiger charge is 2.02. The number of hydrogen-bond acceptors (Lipinski definition) is 1. The lowest BCUT2D eigenvalue weighted by Crippen LogP contribution is -1.88. The van der Waals surface area contributed by atoms with E-state index in [1.807, 2.05) is 6.79 Å². The second-order valence-corrected chi connectivity index (χ2v) is 3.72. The van der Waals surface area contributed by atoms with Gasteiger partial charge in [-0.1, -0.05) is 56.3 Å². The molecule has 2 aromatic carbocycles. The number of fused-ring (bicyclic) bond motifs is 1. The van der Waals surface area contributed by atoms with Crippen molar-refractivity contribution in [2.45, 2.75) is 19.8 Å². The Hall–Kier alpha value is -1.63. The van der Waals surface area contributed by atoms with E-state index in [1.54, 1.807) is 0 Å². The van der Waals surface area contributed by atoms with Crippen LogP contribution in [0.2, 0.25) is 0 Å². The Labute approximate surface area is 90.7 Å². The van der Waals surface area contributed by atoms with Crippen LogP contribution in [0.25, 0.3) is 10.8 Å². The molecular formula is C14H16O. The van der Waals surface area contributed by atoms with Crippen molar-refractivity contribution in [1.82, 2.24) is 0 Å². The molecular weight excluding hydrogens is 184 g/mol. The number of benzene rings is 2. The average Bonchev–Trinajstić information content (AvgIpc) is 2.31. The van der Waals surface area contributed by atoms with E-state index in [4.69, 9.17) is 4.79 Å². The molecule has 78 valence electrons. The highest BCUT2D eigenvalue weighted by atomic mass is 16.1. The van der Waals surface area contributed by atoms with E-state index in [9.17, 15) is 0 Å². The maximum absolute atomic E-state index is 8.00. The summed E-state index contributed by atoms with van der Waals surface area (Å²) < 4.78 is 0. The van der Waals surface area contributed by atoms with Gasteiger partial charge in [0.05, 0.1) is 0 Å². The first kappa shape index (κ1) is 11.4. The van der Waals surface area contributed by atoms with E-state index < -0.39 is 0 Å². The van der Waals surface area contributed by atoms with Crippen molar-refractivity contribution in [2.24, 2.45) is 0 Å².